The summed E-state index contributed by atoms with van der Waals surface area (Å²) in [4.78, 5) is 69.1. The Morgan fingerprint density at radius 1 is 0.649 bits per heavy atom. The van der Waals surface area contributed by atoms with Gasteiger partial charge >= 0.3 is 36.0 Å². The number of carboxylic acids is 1. The Morgan fingerprint density at radius 3 is 1.69 bits per heavy atom. The number of ether oxygens (including phenoxy) is 1. The number of benzene rings is 4. The van der Waals surface area contributed by atoms with Crippen LogP contribution in [0.3, 0.4) is 0 Å². The summed E-state index contributed by atoms with van der Waals surface area (Å²) < 4.78 is 87.9. The molecule has 0 saturated carbocycles. The Bertz CT molecular complexity index is 3010. The van der Waals surface area contributed by atoms with Crippen LogP contribution in [0.25, 0.3) is 22.1 Å². The molecule has 2 atom stereocenters. The number of aryl methyl sites for hydroxylation is 3. The first kappa shape index (κ1) is 54.4. The molecule has 0 radical (unpaired) electrons. The lowest BCUT2D eigenvalue weighted by Gasteiger charge is -2.28. The minimum atomic E-state index is -4.55. The van der Waals surface area contributed by atoms with Gasteiger partial charge in [-0.15, -0.1) is 0 Å². The highest BCUT2D eigenvalue weighted by Gasteiger charge is 2.37. The number of rotatable bonds is 20. The molecule has 1 aliphatic heterocycles. The Labute approximate surface area is 423 Å². The van der Waals surface area contributed by atoms with Gasteiger partial charge in [0.1, 0.15) is 17.2 Å². The fourth-order valence-corrected chi connectivity index (χ4v) is 9.04. The first-order valence-corrected chi connectivity index (χ1v) is 24.6. The fourth-order valence-electron chi connectivity index (χ4n) is 9.04. The molecule has 3 N–H and O–H groups in total. The van der Waals surface area contributed by atoms with Gasteiger partial charge in [0.2, 0.25) is 0 Å². The number of alkyl halides is 6. The number of halogens is 6. The predicted molar refractivity (Wildman–Crippen MR) is 266 cm³/mol. The summed E-state index contributed by atoms with van der Waals surface area (Å²) in [7, 11) is 0. The van der Waals surface area contributed by atoms with Crippen LogP contribution >= 0.6 is 0 Å². The highest BCUT2D eigenvalue weighted by molar-refractivity contribution is 5.79. The number of unbranched alkanes of at least 4 members (excludes halogenated alkanes) is 4. The van der Waals surface area contributed by atoms with Gasteiger partial charge in [-0.3, -0.25) is 18.7 Å². The normalized spacial score (nSPS) is 14.1. The van der Waals surface area contributed by atoms with Crippen LogP contribution in [0.1, 0.15) is 118 Å². The van der Waals surface area contributed by atoms with E-state index in [1.165, 1.54) is 44.5 Å². The SMILES string of the molecule is CC(C)(C)OC(=O)CC(c1cccc(C(F)(F)F)c1)n1ccn(CCCCCc2nc3ccccc3[nH]2)c1=O.O=C(O)CC(c1cccc(C(F)(F)F)c1)N1CCN(CCCCCc2nc3ccccc3[nH]2)C1=O. The van der Waals surface area contributed by atoms with Crippen molar-refractivity contribution in [2.45, 2.75) is 122 Å². The summed E-state index contributed by atoms with van der Waals surface area (Å²) in [6, 6.07) is 22.7. The molecular weight excluding hydrogens is 971 g/mol. The average Bonchev–Trinajstić information content (AvgIpc) is 4.14. The molecule has 20 heteroatoms. The van der Waals surface area contributed by atoms with Gasteiger partial charge in [0.25, 0.3) is 0 Å². The standard InChI is InChI=1S/C29H33F3N4O3.C25H27F3N4O3/c1-28(2,3)39-26(37)19-24(20-10-9-11-21(18-20)29(30,31)32)36-17-16-35(27(36)38)15-8-4-5-14-25-33-22-12-6-7-13-23(22)34-25;26-25(27,28)18-8-6-7-17(15-18)21(16-23(33)34)32-14-13-31(24(32)35)12-5-1-2-11-22-29-19-9-3-4-10-20(19)30-22/h6-7,9-13,16-18,24H,4-5,8,14-15,19H2,1-3H3,(H,33,34);3-4,6-10,15,21H,1-2,5,11-14,16H2,(H,29,30)(H,33,34). The van der Waals surface area contributed by atoms with Crippen LogP contribution in [0.5, 0.6) is 0 Å². The zero-order chi connectivity index (χ0) is 53.2. The fraction of sp³-hybridized carbons (Fsp3) is 0.407. The summed E-state index contributed by atoms with van der Waals surface area (Å²) in [5, 5.41) is 9.35. The monoisotopic (exact) mass is 1030 g/mol. The largest absolute Gasteiger partial charge is 0.481 e. The van der Waals surface area contributed by atoms with Gasteiger partial charge in [0.15, 0.2) is 0 Å². The van der Waals surface area contributed by atoms with Gasteiger partial charge in [0, 0.05) is 51.4 Å². The maximum absolute atomic E-state index is 13.4. The first-order valence-electron chi connectivity index (χ1n) is 24.6. The number of hydrogen-bond acceptors (Lipinski definition) is 7. The second kappa shape index (κ2) is 23.7. The van der Waals surface area contributed by atoms with Crippen LogP contribution in [0.4, 0.5) is 31.1 Å². The average molecular weight is 1030 g/mol. The van der Waals surface area contributed by atoms with Crippen molar-refractivity contribution in [1.82, 2.24) is 38.9 Å². The van der Waals surface area contributed by atoms with Crippen LogP contribution in [0, 0.1) is 0 Å². The number of amides is 2. The second-order valence-electron chi connectivity index (χ2n) is 19.3. The van der Waals surface area contributed by atoms with Crippen molar-refractivity contribution in [1.29, 1.82) is 0 Å². The quantitative estimate of drug-likeness (QED) is 0.0385. The molecule has 0 spiro atoms. The van der Waals surface area contributed by atoms with Crippen LogP contribution in [-0.2, 0) is 46.1 Å². The molecule has 14 nitrogen and oxygen atoms in total. The van der Waals surface area contributed by atoms with Crippen molar-refractivity contribution in [2.24, 2.45) is 0 Å². The van der Waals surface area contributed by atoms with Crippen LogP contribution in [0.15, 0.2) is 114 Å². The molecule has 7 aromatic rings. The summed E-state index contributed by atoms with van der Waals surface area (Å²) in [6.07, 6.45) is -0.0734. The van der Waals surface area contributed by atoms with E-state index in [1.807, 2.05) is 48.5 Å². The minimum absolute atomic E-state index is 0.170. The first-order chi connectivity index (χ1) is 35.1. The molecular formula is C54H60F6N8O6. The molecule has 2 unspecified atom stereocenters. The number of fused-ring (bicyclic) bond motifs is 2. The maximum Gasteiger partial charge on any atom is 0.416 e. The summed E-state index contributed by atoms with van der Waals surface area (Å²) in [6.45, 7) is 6.78. The van der Waals surface area contributed by atoms with E-state index >= 15 is 0 Å². The van der Waals surface area contributed by atoms with Gasteiger partial charge in [-0.1, -0.05) is 61.4 Å². The number of nitrogens with zero attached hydrogens (tertiary/aromatic N) is 6. The third-order valence-electron chi connectivity index (χ3n) is 12.6. The third-order valence-corrected chi connectivity index (χ3v) is 12.6. The number of carboxylic acid groups (broad SMARTS) is 1. The van der Waals surface area contributed by atoms with Gasteiger partial charge in [0.05, 0.1) is 58.1 Å². The third kappa shape index (κ3) is 14.6. The zero-order valence-electron chi connectivity index (χ0n) is 41.4. The molecule has 3 aromatic heterocycles. The van der Waals surface area contributed by atoms with Crippen LogP contribution in [-0.4, -0.2) is 87.2 Å². The number of hydrogen-bond donors (Lipinski definition) is 3. The Morgan fingerprint density at radius 2 is 1.18 bits per heavy atom. The van der Waals surface area contributed by atoms with Crippen molar-refractivity contribution < 1.29 is 50.6 Å². The highest BCUT2D eigenvalue weighted by atomic mass is 19.4. The van der Waals surface area contributed by atoms with Crippen molar-refractivity contribution in [3.63, 3.8) is 0 Å². The van der Waals surface area contributed by atoms with E-state index < -0.39 is 65.2 Å². The predicted octanol–water partition coefficient (Wildman–Crippen LogP) is 11.5. The Kier molecular flexibility index (Phi) is 17.4. The number of aromatic nitrogens is 6. The number of aromatic amines is 2. The number of para-hydroxylation sites is 4. The smallest absolute Gasteiger partial charge is 0.416 e. The number of nitrogens with one attached hydrogen (secondary N) is 2. The molecule has 2 amide bonds. The number of esters is 1. The number of imidazole rings is 3. The Hall–Kier alpha value is -7.38. The molecule has 1 fully saturated rings. The number of H-pyrrole nitrogens is 2. The van der Waals surface area contributed by atoms with E-state index in [0.29, 0.717) is 19.6 Å². The molecule has 74 heavy (non-hydrogen) atoms. The summed E-state index contributed by atoms with van der Waals surface area (Å²) >= 11 is 0. The zero-order valence-corrected chi connectivity index (χ0v) is 41.4. The molecule has 1 saturated heterocycles. The van der Waals surface area contributed by atoms with Gasteiger partial charge in [-0.05, 0) is 106 Å². The van der Waals surface area contributed by atoms with Gasteiger partial charge in [-0.25, -0.2) is 19.6 Å². The second-order valence-corrected chi connectivity index (χ2v) is 19.3. The lowest BCUT2D eigenvalue weighted by molar-refractivity contribution is -0.155. The highest BCUT2D eigenvalue weighted by Crippen LogP contribution is 2.35. The lowest BCUT2D eigenvalue weighted by atomic mass is 10.00. The molecule has 4 aromatic carbocycles. The van der Waals surface area contributed by atoms with Crippen molar-refractivity contribution in [3.05, 3.63) is 154 Å². The van der Waals surface area contributed by atoms with Crippen LogP contribution in [0.2, 0.25) is 0 Å². The minimum Gasteiger partial charge on any atom is -0.481 e. The Balaban J connectivity index is 0.000000217. The summed E-state index contributed by atoms with van der Waals surface area (Å²) in [5.74, 6) is 0.0669. The van der Waals surface area contributed by atoms with E-state index in [1.54, 1.807) is 31.9 Å². The van der Waals surface area contributed by atoms with E-state index in [9.17, 15) is 50.6 Å². The van der Waals surface area contributed by atoms with Crippen molar-refractivity contribution in [3.8, 4) is 0 Å². The summed E-state index contributed by atoms with van der Waals surface area (Å²) in [5.41, 5.74) is 1.38. The maximum atomic E-state index is 13.4. The number of carbonyl (C=O) groups is 3. The topological polar surface area (TPSA) is 171 Å². The number of aliphatic carboxylic acids is 1. The molecule has 1 aliphatic rings. The van der Waals surface area contributed by atoms with E-state index in [2.05, 4.69) is 19.9 Å². The number of carbonyl (C=O) groups excluding carboxylic acids is 2. The molecule has 4 heterocycles. The van der Waals surface area contributed by atoms with Gasteiger partial charge in [-0.2, -0.15) is 26.3 Å². The van der Waals surface area contributed by atoms with E-state index in [0.717, 1.165) is 109 Å². The van der Waals surface area contributed by atoms with E-state index in [4.69, 9.17) is 4.74 Å². The molecule has 394 valence electrons. The lowest BCUT2D eigenvalue weighted by Crippen LogP contribution is -2.36. The van der Waals surface area contributed by atoms with Crippen LogP contribution < -0.4 is 5.69 Å². The molecule has 8 rings (SSSR count). The number of urea groups is 1. The molecule has 0 aliphatic carbocycles. The van der Waals surface area contributed by atoms with E-state index in [-0.39, 0.29) is 30.1 Å². The molecule has 0 bridgehead atoms. The van der Waals surface area contributed by atoms with Crippen molar-refractivity contribution in [2.75, 3.05) is 19.6 Å². The van der Waals surface area contributed by atoms with Gasteiger partial charge < -0.3 is 29.6 Å². The van der Waals surface area contributed by atoms with Crippen molar-refractivity contribution >= 4 is 40.0 Å².